The number of hydrogen-bond donors (Lipinski definition) is 1. The first kappa shape index (κ1) is 22.7. The van der Waals surface area contributed by atoms with Crippen LogP contribution in [0.15, 0.2) is 53.9 Å². The van der Waals surface area contributed by atoms with Crippen LogP contribution in [0.1, 0.15) is 23.7 Å². The zero-order valence-corrected chi connectivity index (χ0v) is 18.7. The van der Waals surface area contributed by atoms with E-state index in [1.807, 2.05) is 31.2 Å². The summed E-state index contributed by atoms with van der Waals surface area (Å²) >= 11 is 7.28. The van der Waals surface area contributed by atoms with Gasteiger partial charge in [-0.25, -0.2) is 4.79 Å². The van der Waals surface area contributed by atoms with Gasteiger partial charge in [-0.1, -0.05) is 42.8 Å². The fourth-order valence-corrected chi connectivity index (χ4v) is 3.95. The van der Waals surface area contributed by atoms with Gasteiger partial charge < -0.3 is 19.5 Å². The molecule has 8 heteroatoms. The number of esters is 1. The monoisotopic (exact) mass is 459 g/mol. The molecule has 0 unspecified atom stereocenters. The van der Waals surface area contributed by atoms with Crippen molar-refractivity contribution >= 4 is 39.8 Å². The summed E-state index contributed by atoms with van der Waals surface area (Å²) < 4.78 is 16.0. The van der Waals surface area contributed by atoms with Gasteiger partial charge in [-0.05, 0) is 36.2 Å². The van der Waals surface area contributed by atoms with Crippen LogP contribution in [0.4, 0.5) is 5.00 Å². The van der Waals surface area contributed by atoms with Gasteiger partial charge in [0.05, 0.1) is 18.7 Å². The Morgan fingerprint density at radius 2 is 1.81 bits per heavy atom. The number of methoxy groups -OCH3 is 1. The van der Waals surface area contributed by atoms with Crippen LogP contribution < -0.4 is 14.8 Å². The third-order valence-electron chi connectivity index (χ3n) is 4.27. The van der Waals surface area contributed by atoms with Crippen LogP contribution in [-0.2, 0) is 9.53 Å². The zero-order chi connectivity index (χ0) is 22.2. The summed E-state index contributed by atoms with van der Waals surface area (Å²) in [6, 6.07) is 14.3. The Bertz CT molecular complexity index is 1050. The molecule has 0 radical (unpaired) electrons. The Morgan fingerprint density at radius 1 is 1.06 bits per heavy atom. The summed E-state index contributed by atoms with van der Waals surface area (Å²) in [7, 11) is 1.30. The molecule has 0 atom stereocenters. The molecule has 1 heterocycles. The maximum absolute atomic E-state index is 12.5. The van der Waals surface area contributed by atoms with Crippen molar-refractivity contribution in [2.75, 3.05) is 25.6 Å². The predicted octanol–water partition coefficient (Wildman–Crippen LogP) is 5.66. The Hall–Kier alpha value is -3.03. The quantitative estimate of drug-likeness (QED) is 0.418. The van der Waals surface area contributed by atoms with Crippen LogP contribution in [0, 0.1) is 0 Å². The highest BCUT2D eigenvalue weighted by molar-refractivity contribution is 7.15. The molecule has 3 aromatic rings. The number of benzene rings is 2. The van der Waals surface area contributed by atoms with E-state index in [1.54, 1.807) is 29.6 Å². The standard InChI is InChI=1S/C23H22ClNO5S/c1-3-12-29-16-10-8-15(9-11-16)17-14-31-22(21(17)23(27)28-2)25-20(26)13-30-19-7-5-4-6-18(19)24/h4-11,14H,3,12-13H2,1-2H3,(H,25,26). The first-order chi connectivity index (χ1) is 15.0. The third-order valence-corrected chi connectivity index (χ3v) is 5.47. The van der Waals surface area contributed by atoms with Crippen molar-refractivity contribution in [3.63, 3.8) is 0 Å². The molecule has 0 aliphatic heterocycles. The minimum atomic E-state index is -0.537. The van der Waals surface area contributed by atoms with Crippen LogP contribution in [0.25, 0.3) is 11.1 Å². The van der Waals surface area contributed by atoms with Crippen molar-refractivity contribution in [2.45, 2.75) is 13.3 Å². The van der Waals surface area contributed by atoms with Gasteiger partial charge >= 0.3 is 5.97 Å². The highest BCUT2D eigenvalue weighted by atomic mass is 35.5. The van der Waals surface area contributed by atoms with Crippen molar-refractivity contribution < 1.29 is 23.8 Å². The number of anilines is 1. The molecule has 0 saturated heterocycles. The van der Waals surface area contributed by atoms with Gasteiger partial charge in [-0.15, -0.1) is 11.3 Å². The van der Waals surface area contributed by atoms with Crippen molar-refractivity contribution in [1.82, 2.24) is 0 Å². The van der Waals surface area contributed by atoms with Gasteiger partial charge in [0.15, 0.2) is 6.61 Å². The molecular weight excluding hydrogens is 438 g/mol. The Labute approximate surface area is 189 Å². The molecule has 6 nitrogen and oxygen atoms in total. The molecule has 1 aromatic heterocycles. The SMILES string of the molecule is CCCOc1ccc(-c2csc(NC(=O)COc3ccccc3Cl)c2C(=O)OC)cc1. The maximum atomic E-state index is 12.5. The van der Waals surface area contributed by atoms with Gasteiger partial charge in [0.25, 0.3) is 5.91 Å². The van der Waals surface area contributed by atoms with E-state index in [4.69, 9.17) is 25.8 Å². The number of halogens is 1. The summed E-state index contributed by atoms with van der Waals surface area (Å²) in [5.74, 6) is 0.210. The number of para-hydroxylation sites is 1. The smallest absolute Gasteiger partial charge is 0.341 e. The van der Waals surface area contributed by atoms with Crippen LogP contribution in [0.3, 0.4) is 0 Å². The highest BCUT2D eigenvalue weighted by Crippen LogP contribution is 2.37. The lowest BCUT2D eigenvalue weighted by Gasteiger charge is -2.10. The van der Waals surface area contributed by atoms with Crippen LogP contribution in [0.2, 0.25) is 5.02 Å². The number of ether oxygens (including phenoxy) is 3. The number of hydrogen-bond acceptors (Lipinski definition) is 6. The summed E-state index contributed by atoms with van der Waals surface area (Å²) in [6.07, 6.45) is 0.919. The number of nitrogens with one attached hydrogen (secondary N) is 1. The minimum absolute atomic E-state index is 0.249. The van der Waals surface area contributed by atoms with E-state index in [1.165, 1.54) is 18.4 Å². The van der Waals surface area contributed by atoms with Crippen LogP contribution in [-0.4, -0.2) is 32.2 Å². The van der Waals surface area contributed by atoms with Crippen molar-refractivity contribution in [1.29, 1.82) is 0 Å². The minimum Gasteiger partial charge on any atom is -0.494 e. The maximum Gasteiger partial charge on any atom is 0.341 e. The van der Waals surface area contributed by atoms with Crippen molar-refractivity contribution in [3.8, 4) is 22.6 Å². The molecule has 0 saturated carbocycles. The predicted molar refractivity (Wildman–Crippen MR) is 122 cm³/mol. The first-order valence-electron chi connectivity index (χ1n) is 9.63. The Balaban J connectivity index is 1.76. The van der Waals surface area contributed by atoms with E-state index in [2.05, 4.69) is 5.32 Å². The highest BCUT2D eigenvalue weighted by Gasteiger charge is 2.22. The fourth-order valence-electron chi connectivity index (χ4n) is 2.79. The average molecular weight is 460 g/mol. The number of carbonyl (C=O) groups excluding carboxylic acids is 2. The summed E-state index contributed by atoms with van der Waals surface area (Å²) in [6.45, 7) is 2.43. The number of carbonyl (C=O) groups is 2. The summed E-state index contributed by atoms with van der Waals surface area (Å²) in [4.78, 5) is 24.9. The lowest BCUT2D eigenvalue weighted by atomic mass is 10.0. The lowest BCUT2D eigenvalue weighted by molar-refractivity contribution is -0.118. The molecule has 0 aliphatic rings. The summed E-state index contributed by atoms with van der Waals surface area (Å²) in [5, 5.41) is 5.34. The second kappa shape index (κ2) is 10.8. The van der Waals surface area contributed by atoms with Gasteiger partial charge in [0.2, 0.25) is 0 Å². The first-order valence-corrected chi connectivity index (χ1v) is 10.9. The molecule has 2 aromatic carbocycles. The average Bonchev–Trinajstić information content (AvgIpc) is 3.20. The van der Waals surface area contributed by atoms with Crippen LogP contribution >= 0.6 is 22.9 Å². The Morgan fingerprint density at radius 3 is 2.48 bits per heavy atom. The molecule has 31 heavy (non-hydrogen) atoms. The van der Waals surface area contributed by atoms with E-state index >= 15 is 0 Å². The van der Waals surface area contributed by atoms with Gasteiger partial charge in [0, 0.05) is 10.9 Å². The van der Waals surface area contributed by atoms with Gasteiger partial charge in [-0.3, -0.25) is 4.79 Å². The molecule has 3 rings (SSSR count). The van der Waals surface area contributed by atoms with E-state index in [0.29, 0.717) is 33.5 Å². The molecule has 0 spiro atoms. The lowest BCUT2D eigenvalue weighted by Crippen LogP contribution is -2.21. The van der Waals surface area contributed by atoms with Gasteiger partial charge in [0.1, 0.15) is 22.1 Å². The number of amides is 1. The van der Waals surface area contributed by atoms with E-state index < -0.39 is 11.9 Å². The Kier molecular flexibility index (Phi) is 7.92. The summed E-state index contributed by atoms with van der Waals surface area (Å²) in [5.41, 5.74) is 1.77. The normalized spacial score (nSPS) is 10.4. The zero-order valence-electron chi connectivity index (χ0n) is 17.1. The third kappa shape index (κ3) is 5.77. The number of rotatable bonds is 9. The molecular formula is C23H22ClNO5S. The van der Waals surface area contributed by atoms with Crippen molar-refractivity contribution in [2.24, 2.45) is 0 Å². The van der Waals surface area contributed by atoms with E-state index in [0.717, 1.165) is 17.7 Å². The second-order valence-electron chi connectivity index (χ2n) is 6.49. The topological polar surface area (TPSA) is 73.9 Å². The molecule has 1 amide bonds. The molecule has 162 valence electrons. The van der Waals surface area contributed by atoms with Gasteiger partial charge in [-0.2, -0.15) is 0 Å². The van der Waals surface area contributed by atoms with E-state index in [-0.39, 0.29) is 6.61 Å². The van der Waals surface area contributed by atoms with Crippen LogP contribution in [0.5, 0.6) is 11.5 Å². The van der Waals surface area contributed by atoms with Crippen molar-refractivity contribution in [3.05, 3.63) is 64.5 Å². The largest absolute Gasteiger partial charge is 0.494 e. The second-order valence-corrected chi connectivity index (χ2v) is 7.77. The molecule has 0 aliphatic carbocycles. The number of thiophene rings is 1. The molecule has 0 fully saturated rings. The van der Waals surface area contributed by atoms with E-state index in [9.17, 15) is 9.59 Å². The molecule has 1 N–H and O–H groups in total. The fraction of sp³-hybridized carbons (Fsp3) is 0.217. The molecule has 0 bridgehead atoms.